The molecule has 1 aliphatic heterocycles. The van der Waals surface area contributed by atoms with E-state index in [-0.39, 0.29) is 41.1 Å². The molecule has 0 bridgehead atoms. The van der Waals surface area contributed by atoms with Crippen LogP contribution in [-0.2, 0) is 10.0 Å². The van der Waals surface area contributed by atoms with Gasteiger partial charge in [-0.1, -0.05) is 13.0 Å². The number of benzene rings is 1. The molecule has 1 fully saturated rings. The Bertz CT molecular complexity index is 772. The molecule has 0 aromatic heterocycles. The minimum Gasteiger partial charge on any atom is -0.355 e. The maximum absolute atomic E-state index is 12.3. The number of nitrogens with zero attached hydrogens (tertiary/aromatic N) is 3. The predicted molar refractivity (Wildman–Crippen MR) is 115 cm³/mol. The lowest BCUT2D eigenvalue weighted by Gasteiger charge is -2.33. The Labute approximate surface area is 176 Å². The van der Waals surface area contributed by atoms with E-state index in [2.05, 4.69) is 26.9 Å². The number of nitro groups is 1. The van der Waals surface area contributed by atoms with Gasteiger partial charge in [0, 0.05) is 45.4 Å². The summed E-state index contributed by atoms with van der Waals surface area (Å²) in [6.45, 7) is 4.58. The summed E-state index contributed by atoms with van der Waals surface area (Å²) in [5.74, 6) is 1.36. The molecule has 1 unspecified atom stereocenters. The first-order valence-corrected chi connectivity index (χ1v) is 10.0. The molecule has 0 radical (unpaired) electrons. The van der Waals surface area contributed by atoms with Gasteiger partial charge in [-0.25, -0.2) is 13.1 Å². The summed E-state index contributed by atoms with van der Waals surface area (Å²) in [4.78, 5) is 16.5. The van der Waals surface area contributed by atoms with Crippen LogP contribution in [0.2, 0.25) is 0 Å². The van der Waals surface area contributed by atoms with Crippen LogP contribution in [0.3, 0.4) is 0 Å². The number of rotatable bonds is 6. The third-order valence-corrected chi connectivity index (χ3v) is 5.67. The fourth-order valence-corrected chi connectivity index (χ4v) is 3.99. The quantitative estimate of drug-likeness (QED) is 0.150. The predicted octanol–water partition coefficient (Wildman–Crippen LogP) is 1.80. The fraction of sp³-hybridized carbons (Fsp3) is 0.562. The van der Waals surface area contributed by atoms with Crippen LogP contribution >= 0.6 is 24.0 Å². The van der Waals surface area contributed by atoms with Crippen LogP contribution in [0.15, 0.2) is 34.2 Å². The molecule has 11 heteroatoms. The number of nitrogens with one attached hydrogen (secondary N) is 2. The number of halogens is 1. The fourth-order valence-electron chi connectivity index (χ4n) is 2.92. The van der Waals surface area contributed by atoms with Gasteiger partial charge in [0.15, 0.2) is 5.96 Å². The average Bonchev–Trinajstić information content (AvgIpc) is 2.62. The van der Waals surface area contributed by atoms with E-state index in [0.717, 1.165) is 31.5 Å². The van der Waals surface area contributed by atoms with Crippen molar-refractivity contribution in [1.29, 1.82) is 0 Å². The molecule has 1 atom stereocenters. The molecule has 0 aliphatic carbocycles. The smallest absolute Gasteiger partial charge is 0.270 e. The number of guanidine groups is 1. The van der Waals surface area contributed by atoms with Gasteiger partial charge in [-0.05, 0) is 24.8 Å². The second-order valence-corrected chi connectivity index (χ2v) is 8.09. The monoisotopic (exact) mass is 511 g/mol. The van der Waals surface area contributed by atoms with Crippen molar-refractivity contribution in [3.63, 3.8) is 0 Å². The molecular formula is C16H26IN5O4S. The van der Waals surface area contributed by atoms with Crippen LogP contribution in [0.25, 0.3) is 0 Å². The van der Waals surface area contributed by atoms with E-state index in [1.165, 1.54) is 24.6 Å². The minimum absolute atomic E-state index is 0. The normalized spacial score (nSPS) is 17.9. The molecule has 1 heterocycles. The highest BCUT2D eigenvalue weighted by Crippen LogP contribution is 2.17. The zero-order chi connectivity index (χ0) is 19.2. The molecule has 9 nitrogen and oxygen atoms in total. The van der Waals surface area contributed by atoms with Crippen molar-refractivity contribution in [2.45, 2.75) is 24.7 Å². The number of sulfonamides is 1. The van der Waals surface area contributed by atoms with E-state index in [4.69, 9.17) is 0 Å². The maximum Gasteiger partial charge on any atom is 0.270 e. The Balaban J connectivity index is 0.00000364. The lowest BCUT2D eigenvalue weighted by atomic mass is 10.0. The van der Waals surface area contributed by atoms with Crippen LogP contribution in [0, 0.1) is 16.0 Å². The Morgan fingerprint density at radius 3 is 2.78 bits per heavy atom. The standard InChI is InChI=1S/C16H25N5O4S.HI/c1-13-5-4-10-20(12-13)16(17-2)18-8-9-19-26(24,25)15-7-3-6-14(11-15)21(22)23;/h3,6-7,11,13,19H,4-5,8-10,12H2,1-2H3,(H,17,18);1H. The van der Waals surface area contributed by atoms with Crippen molar-refractivity contribution in [2.24, 2.45) is 10.9 Å². The van der Waals surface area contributed by atoms with Gasteiger partial charge in [-0.15, -0.1) is 24.0 Å². The summed E-state index contributed by atoms with van der Waals surface area (Å²) < 4.78 is 27.0. The van der Waals surface area contributed by atoms with Crippen molar-refractivity contribution in [3.05, 3.63) is 34.4 Å². The van der Waals surface area contributed by atoms with Crippen LogP contribution in [0.1, 0.15) is 19.8 Å². The third kappa shape index (κ3) is 6.88. The topological polar surface area (TPSA) is 117 Å². The lowest BCUT2D eigenvalue weighted by Crippen LogP contribution is -2.47. The molecule has 1 aromatic rings. The third-order valence-electron chi connectivity index (χ3n) is 4.21. The van der Waals surface area contributed by atoms with Gasteiger partial charge in [-0.2, -0.15) is 0 Å². The number of nitro benzene ring substituents is 1. The highest BCUT2D eigenvalue weighted by molar-refractivity contribution is 14.0. The largest absolute Gasteiger partial charge is 0.355 e. The van der Waals surface area contributed by atoms with Gasteiger partial charge in [0.1, 0.15) is 0 Å². The summed E-state index contributed by atoms with van der Waals surface area (Å²) >= 11 is 0. The van der Waals surface area contributed by atoms with Crippen molar-refractivity contribution in [2.75, 3.05) is 33.2 Å². The first-order chi connectivity index (χ1) is 12.3. The average molecular weight is 511 g/mol. The second kappa shape index (κ2) is 10.8. The Hall–Kier alpha value is -1.47. The number of hydrogen-bond donors (Lipinski definition) is 2. The SMILES string of the molecule is CN=C(NCCNS(=O)(=O)c1cccc([N+](=O)[O-])c1)N1CCCC(C)C1.I. The van der Waals surface area contributed by atoms with E-state index in [1.807, 2.05) is 0 Å². The van der Waals surface area contributed by atoms with Crippen molar-refractivity contribution in [1.82, 2.24) is 14.9 Å². The molecular weight excluding hydrogens is 485 g/mol. The summed E-state index contributed by atoms with van der Waals surface area (Å²) in [6, 6.07) is 4.98. The Morgan fingerprint density at radius 2 is 2.15 bits per heavy atom. The van der Waals surface area contributed by atoms with E-state index < -0.39 is 14.9 Å². The Morgan fingerprint density at radius 1 is 1.41 bits per heavy atom. The van der Waals surface area contributed by atoms with E-state index in [9.17, 15) is 18.5 Å². The van der Waals surface area contributed by atoms with Crippen LogP contribution in [-0.4, -0.2) is 57.4 Å². The van der Waals surface area contributed by atoms with Crippen molar-refractivity contribution >= 4 is 45.6 Å². The van der Waals surface area contributed by atoms with Gasteiger partial charge in [0.25, 0.3) is 5.69 Å². The summed E-state index contributed by atoms with van der Waals surface area (Å²) in [5, 5.41) is 13.9. The molecule has 2 N–H and O–H groups in total. The molecule has 2 rings (SSSR count). The van der Waals surface area contributed by atoms with Gasteiger partial charge in [0.2, 0.25) is 10.0 Å². The minimum atomic E-state index is -3.80. The zero-order valence-electron chi connectivity index (χ0n) is 15.4. The highest BCUT2D eigenvalue weighted by Gasteiger charge is 2.20. The van der Waals surface area contributed by atoms with Gasteiger partial charge < -0.3 is 10.2 Å². The van der Waals surface area contributed by atoms with Crippen molar-refractivity contribution < 1.29 is 13.3 Å². The molecule has 0 spiro atoms. The number of piperidine rings is 1. The van der Waals surface area contributed by atoms with Crippen LogP contribution in [0.4, 0.5) is 5.69 Å². The molecule has 152 valence electrons. The summed E-state index contributed by atoms with van der Waals surface area (Å²) in [7, 11) is -2.10. The maximum atomic E-state index is 12.3. The molecule has 0 amide bonds. The first kappa shape index (κ1) is 23.6. The van der Waals surface area contributed by atoms with Gasteiger partial charge >= 0.3 is 0 Å². The van der Waals surface area contributed by atoms with E-state index in [0.29, 0.717) is 12.5 Å². The van der Waals surface area contributed by atoms with Gasteiger partial charge in [-0.3, -0.25) is 15.1 Å². The summed E-state index contributed by atoms with van der Waals surface area (Å²) in [5.41, 5.74) is -0.259. The molecule has 1 aromatic carbocycles. The number of non-ortho nitro benzene ring substituents is 1. The first-order valence-electron chi connectivity index (χ1n) is 8.53. The highest BCUT2D eigenvalue weighted by atomic mass is 127. The van der Waals surface area contributed by atoms with E-state index >= 15 is 0 Å². The number of likely N-dealkylation sites (tertiary alicyclic amines) is 1. The molecule has 27 heavy (non-hydrogen) atoms. The molecule has 1 aliphatic rings. The Kier molecular flexibility index (Phi) is 9.39. The van der Waals surface area contributed by atoms with Crippen molar-refractivity contribution in [3.8, 4) is 0 Å². The number of hydrogen-bond acceptors (Lipinski definition) is 5. The second-order valence-electron chi connectivity index (χ2n) is 6.32. The zero-order valence-corrected chi connectivity index (χ0v) is 18.6. The van der Waals surface area contributed by atoms with Gasteiger partial charge in [0.05, 0.1) is 9.82 Å². The molecule has 0 saturated carbocycles. The lowest BCUT2D eigenvalue weighted by molar-refractivity contribution is -0.385. The van der Waals surface area contributed by atoms with Crippen LogP contribution in [0.5, 0.6) is 0 Å². The molecule has 1 saturated heterocycles. The van der Waals surface area contributed by atoms with E-state index in [1.54, 1.807) is 7.05 Å². The summed E-state index contributed by atoms with van der Waals surface area (Å²) in [6.07, 6.45) is 2.32. The van der Waals surface area contributed by atoms with Crippen LogP contribution < -0.4 is 10.0 Å². The number of aliphatic imine (C=N–C) groups is 1.